The van der Waals surface area contributed by atoms with Gasteiger partial charge >= 0.3 is 0 Å². The van der Waals surface area contributed by atoms with Gasteiger partial charge in [-0.25, -0.2) is 0 Å². The normalized spacial score (nSPS) is 12.4. The Hall–Kier alpha value is -1.02. The Morgan fingerprint density at radius 3 is 2.17 bits per heavy atom. The molecule has 0 aliphatic carbocycles. The van der Waals surface area contributed by atoms with Crippen molar-refractivity contribution in [1.82, 2.24) is 0 Å². The molecule has 0 spiro atoms. The van der Waals surface area contributed by atoms with Gasteiger partial charge in [0, 0.05) is 25.8 Å². The molecule has 0 amide bonds. The predicted molar refractivity (Wildman–Crippen MR) is 81.1 cm³/mol. The van der Waals surface area contributed by atoms with Gasteiger partial charge in [-0.15, -0.1) is 0 Å². The van der Waals surface area contributed by atoms with E-state index in [1.165, 1.54) is 43.4 Å². The molecule has 1 rings (SSSR count). The average Bonchev–Trinajstić information content (AvgIpc) is 2.38. The zero-order valence-corrected chi connectivity index (χ0v) is 12.2. The molecule has 1 aromatic rings. The van der Waals surface area contributed by atoms with Gasteiger partial charge in [0.05, 0.1) is 0 Å². The van der Waals surface area contributed by atoms with Gasteiger partial charge < -0.3 is 10.6 Å². The zero-order valence-electron chi connectivity index (χ0n) is 12.2. The van der Waals surface area contributed by atoms with E-state index in [2.05, 4.69) is 50.2 Å². The van der Waals surface area contributed by atoms with Gasteiger partial charge in [-0.2, -0.15) is 0 Å². The smallest absolute Gasteiger partial charge is 0.0361 e. The van der Waals surface area contributed by atoms with Crippen molar-refractivity contribution in [2.75, 3.05) is 19.0 Å². The minimum Gasteiger partial charge on any atom is -0.378 e. The average molecular weight is 248 g/mol. The molecule has 0 aromatic heterocycles. The molecular formula is C16H28N2. The van der Waals surface area contributed by atoms with Crippen LogP contribution in [0.25, 0.3) is 0 Å². The fourth-order valence-electron chi connectivity index (χ4n) is 2.15. The Kier molecular flexibility index (Phi) is 6.81. The quantitative estimate of drug-likeness (QED) is 0.701. The summed E-state index contributed by atoms with van der Waals surface area (Å²) in [5.74, 6) is 0. The lowest BCUT2D eigenvalue weighted by Gasteiger charge is -2.15. The van der Waals surface area contributed by atoms with Gasteiger partial charge in [-0.05, 0) is 24.1 Å². The summed E-state index contributed by atoms with van der Waals surface area (Å²) in [4.78, 5) is 2.11. The summed E-state index contributed by atoms with van der Waals surface area (Å²) in [6, 6.07) is 8.80. The zero-order chi connectivity index (χ0) is 13.4. The molecule has 1 atom stereocenters. The largest absolute Gasteiger partial charge is 0.378 e. The number of hydrogen-bond acceptors (Lipinski definition) is 2. The first-order chi connectivity index (χ1) is 8.65. The standard InChI is InChI=1S/C16H28N2/c1-4-5-6-7-8-9-16(17)14-10-12-15(13-11-14)18(2)3/h10-13,16H,4-9,17H2,1-3H3. The number of rotatable bonds is 8. The predicted octanol–water partition coefficient (Wildman–Crippen LogP) is 4.11. The maximum Gasteiger partial charge on any atom is 0.0361 e. The van der Waals surface area contributed by atoms with Crippen LogP contribution in [0.3, 0.4) is 0 Å². The summed E-state index contributed by atoms with van der Waals surface area (Å²) in [6.07, 6.45) is 7.67. The number of nitrogens with zero attached hydrogens (tertiary/aromatic N) is 1. The Balaban J connectivity index is 2.34. The fraction of sp³-hybridized carbons (Fsp3) is 0.625. The summed E-state index contributed by atoms with van der Waals surface area (Å²) >= 11 is 0. The first kappa shape index (κ1) is 15.0. The third-order valence-electron chi connectivity index (χ3n) is 3.46. The van der Waals surface area contributed by atoms with E-state index >= 15 is 0 Å². The van der Waals surface area contributed by atoms with Crippen molar-refractivity contribution in [3.05, 3.63) is 29.8 Å². The molecule has 102 valence electrons. The number of nitrogens with two attached hydrogens (primary N) is 1. The van der Waals surface area contributed by atoms with E-state index in [-0.39, 0.29) is 6.04 Å². The SMILES string of the molecule is CCCCCCCC(N)c1ccc(N(C)C)cc1. The number of anilines is 1. The van der Waals surface area contributed by atoms with Crippen LogP contribution in [0.15, 0.2) is 24.3 Å². The summed E-state index contributed by atoms with van der Waals surface area (Å²) in [7, 11) is 4.12. The molecule has 1 unspecified atom stereocenters. The minimum atomic E-state index is 0.197. The fourth-order valence-corrected chi connectivity index (χ4v) is 2.15. The molecule has 0 bridgehead atoms. The van der Waals surface area contributed by atoms with Gasteiger partial charge in [-0.1, -0.05) is 51.2 Å². The van der Waals surface area contributed by atoms with E-state index in [0.29, 0.717) is 0 Å². The van der Waals surface area contributed by atoms with Crippen LogP contribution < -0.4 is 10.6 Å². The Morgan fingerprint density at radius 1 is 1.00 bits per heavy atom. The Bertz CT molecular complexity index is 316. The molecule has 2 nitrogen and oxygen atoms in total. The Morgan fingerprint density at radius 2 is 1.61 bits per heavy atom. The maximum atomic E-state index is 6.22. The summed E-state index contributed by atoms with van der Waals surface area (Å²) in [5.41, 5.74) is 8.71. The third kappa shape index (κ3) is 5.09. The second kappa shape index (κ2) is 8.15. The van der Waals surface area contributed by atoms with Crippen molar-refractivity contribution >= 4 is 5.69 Å². The van der Waals surface area contributed by atoms with Crippen LogP contribution in [0.5, 0.6) is 0 Å². The van der Waals surface area contributed by atoms with Crippen LogP contribution in [0.4, 0.5) is 5.69 Å². The van der Waals surface area contributed by atoms with Crippen LogP contribution in [-0.2, 0) is 0 Å². The molecule has 1 aromatic carbocycles. The first-order valence-corrected chi connectivity index (χ1v) is 7.18. The highest BCUT2D eigenvalue weighted by Gasteiger charge is 2.05. The van der Waals surface area contributed by atoms with Crippen LogP contribution in [0.1, 0.15) is 57.1 Å². The third-order valence-corrected chi connectivity index (χ3v) is 3.46. The van der Waals surface area contributed by atoms with E-state index in [1.807, 2.05) is 0 Å². The van der Waals surface area contributed by atoms with Crippen LogP contribution in [0, 0.1) is 0 Å². The second-order valence-corrected chi connectivity index (χ2v) is 5.30. The highest BCUT2D eigenvalue weighted by atomic mass is 15.1. The van der Waals surface area contributed by atoms with E-state index in [0.717, 1.165) is 6.42 Å². The molecule has 0 radical (unpaired) electrons. The second-order valence-electron chi connectivity index (χ2n) is 5.30. The Labute approximate surface area is 112 Å². The molecule has 0 aliphatic rings. The minimum absolute atomic E-state index is 0.197. The molecule has 0 saturated heterocycles. The number of unbranched alkanes of at least 4 members (excludes halogenated alkanes) is 4. The summed E-state index contributed by atoms with van der Waals surface area (Å²) < 4.78 is 0. The number of benzene rings is 1. The topological polar surface area (TPSA) is 29.3 Å². The highest BCUT2D eigenvalue weighted by Crippen LogP contribution is 2.20. The maximum absolute atomic E-state index is 6.22. The molecule has 0 saturated carbocycles. The van der Waals surface area contributed by atoms with Gasteiger partial charge in [0.1, 0.15) is 0 Å². The number of hydrogen-bond donors (Lipinski definition) is 1. The van der Waals surface area contributed by atoms with Gasteiger partial charge in [0.15, 0.2) is 0 Å². The van der Waals surface area contributed by atoms with E-state index in [9.17, 15) is 0 Å². The molecule has 2 N–H and O–H groups in total. The first-order valence-electron chi connectivity index (χ1n) is 7.18. The molecule has 0 heterocycles. The molecular weight excluding hydrogens is 220 g/mol. The van der Waals surface area contributed by atoms with Gasteiger partial charge in [-0.3, -0.25) is 0 Å². The van der Waals surface area contributed by atoms with Crippen LogP contribution in [-0.4, -0.2) is 14.1 Å². The van der Waals surface area contributed by atoms with Crippen molar-refractivity contribution in [1.29, 1.82) is 0 Å². The monoisotopic (exact) mass is 248 g/mol. The van der Waals surface area contributed by atoms with Crippen LogP contribution in [0.2, 0.25) is 0 Å². The van der Waals surface area contributed by atoms with Gasteiger partial charge in [0.2, 0.25) is 0 Å². The van der Waals surface area contributed by atoms with Crippen molar-refractivity contribution in [3.63, 3.8) is 0 Å². The lowest BCUT2D eigenvalue weighted by Crippen LogP contribution is -2.12. The highest BCUT2D eigenvalue weighted by molar-refractivity contribution is 5.46. The summed E-state index contributed by atoms with van der Waals surface area (Å²) in [6.45, 7) is 2.25. The molecule has 0 fully saturated rings. The van der Waals surface area contributed by atoms with Crippen LogP contribution >= 0.6 is 0 Å². The molecule has 18 heavy (non-hydrogen) atoms. The summed E-state index contributed by atoms with van der Waals surface area (Å²) in [5, 5.41) is 0. The molecule has 0 aliphatic heterocycles. The molecule has 2 heteroatoms. The van der Waals surface area contributed by atoms with Crippen molar-refractivity contribution in [2.45, 2.75) is 51.5 Å². The van der Waals surface area contributed by atoms with E-state index in [1.54, 1.807) is 0 Å². The lowest BCUT2D eigenvalue weighted by molar-refractivity contribution is 0.555. The van der Waals surface area contributed by atoms with Gasteiger partial charge in [0.25, 0.3) is 0 Å². The lowest BCUT2D eigenvalue weighted by atomic mass is 10.0. The van der Waals surface area contributed by atoms with Crippen molar-refractivity contribution in [3.8, 4) is 0 Å². The van der Waals surface area contributed by atoms with Crippen molar-refractivity contribution < 1.29 is 0 Å². The van der Waals surface area contributed by atoms with E-state index in [4.69, 9.17) is 5.73 Å². The van der Waals surface area contributed by atoms with Crippen molar-refractivity contribution in [2.24, 2.45) is 5.73 Å². The van der Waals surface area contributed by atoms with E-state index < -0.39 is 0 Å².